The van der Waals surface area contributed by atoms with Crippen LogP contribution in [0.5, 0.6) is 0 Å². The first-order valence-electron chi connectivity index (χ1n) is 7.00. The summed E-state index contributed by atoms with van der Waals surface area (Å²) in [5.74, 6) is 0. The van der Waals surface area contributed by atoms with Crippen LogP contribution >= 0.6 is 0 Å². The highest BCUT2D eigenvalue weighted by molar-refractivity contribution is 5.34. The van der Waals surface area contributed by atoms with E-state index in [2.05, 4.69) is 40.7 Å². The summed E-state index contributed by atoms with van der Waals surface area (Å²) in [5, 5.41) is 10.5. The third-order valence-electron chi connectivity index (χ3n) is 3.70. The Morgan fingerprint density at radius 2 is 1.68 bits per heavy atom. The maximum Gasteiger partial charge on any atom is 0.0794 e. The van der Waals surface area contributed by atoms with Gasteiger partial charge in [-0.15, -0.1) is 0 Å². The summed E-state index contributed by atoms with van der Waals surface area (Å²) >= 11 is 0. The predicted molar refractivity (Wildman–Crippen MR) is 80.4 cm³/mol. The zero-order valence-electron chi connectivity index (χ0n) is 13.2. The number of methoxy groups -OCH3 is 1. The van der Waals surface area contributed by atoms with Crippen molar-refractivity contribution in [3.63, 3.8) is 0 Å². The molecule has 1 N–H and O–H groups in total. The van der Waals surface area contributed by atoms with E-state index in [0.29, 0.717) is 6.42 Å². The summed E-state index contributed by atoms with van der Waals surface area (Å²) in [7, 11) is 1.72. The summed E-state index contributed by atoms with van der Waals surface area (Å²) in [6.07, 6.45) is 1.13. The Morgan fingerprint density at radius 1 is 1.11 bits per heavy atom. The van der Waals surface area contributed by atoms with E-state index in [-0.39, 0.29) is 11.0 Å². The van der Waals surface area contributed by atoms with Gasteiger partial charge < -0.3 is 9.84 Å². The molecule has 1 aromatic rings. The molecular formula is C17H28O2. The molecule has 0 bridgehead atoms. The van der Waals surface area contributed by atoms with Gasteiger partial charge in [0.25, 0.3) is 0 Å². The lowest BCUT2D eigenvalue weighted by Crippen LogP contribution is -2.23. The summed E-state index contributed by atoms with van der Waals surface area (Å²) in [6.45, 7) is 10.6. The summed E-state index contributed by atoms with van der Waals surface area (Å²) in [5.41, 5.74) is 2.13. The van der Waals surface area contributed by atoms with Gasteiger partial charge in [-0.3, -0.25) is 0 Å². The number of aliphatic hydroxyl groups excluding tert-OH is 1. The van der Waals surface area contributed by atoms with Crippen LogP contribution in [0.4, 0.5) is 0 Å². The lowest BCUT2D eigenvalue weighted by molar-refractivity contribution is 0.00265. The van der Waals surface area contributed by atoms with Crippen LogP contribution in [-0.4, -0.2) is 17.8 Å². The number of aliphatic hydroxyl groups is 1. The average Bonchev–Trinajstić information content (AvgIpc) is 2.35. The Kier molecular flexibility index (Phi) is 5.17. The van der Waals surface area contributed by atoms with Crippen LogP contribution in [0.15, 0.2) is 24.3 Å². The standard InChI is InChI=1S/C17H28O2/c1-16(2,3)14-10-8-7-9-13(14)15(18)11-12-17(4,5)19-6/h7-10,15,18H,11-12H2,1-6H3. The van der Waals surface area contributed by atoms with Gasteiger partial charge in [0.15, 0.2) is 0 Å². The topological polar surface area (TPSA) is 29.5 Å². The normalized spacial score (nSPS) is 14.5. The molecule has 0 aliphatic rings. The van der Waals surface area contributed by atoms with Gasteiger partial charge in [-0.2, -0.15) is 0 Å². The molecule has 0 aliphatic carbocycles. The van der Waals surface area contributed by atoms with Crippen LogP contribution in [0, 0.1) is 0 Å². The molecule has 0 fully saturated rings. The first kappa shape index (κ1) is 16.2. The van der Waals surface area contributed by atoms with E-state index < -0.39 is 6.10 Å². The van der Waals surface area contributed by atoms with Crippen LogP contribution in [-0.2, 0) is 10.2 Å². The van der Waals surface area contributed by atoms with Crippen LogP contribution in [0.1, 0.15) is 64.7 Å². The van der Waals surface area contributed by atoms with E-state index in [1.54, 1.807) is 7.11 Å². The van der Waals surface area contributed by atoms with Gasteiger partial charge in [0.2, 0.25) is 0 Å². The van der Waals surface area contributed by atoms with E-state index in [1.165, 1.54) is 5.56 Å². The molecule has 1 aromatic carbocycles. The van der Waals surface area contributed by atoms with Crippen molar-refractivity contribution in [3.05, 3.63) is 35.4 Å². The second-order valence-electron chi connectivity index (χ2n) is 6.86. The van der Waals surface area contributed by atoms with Crippen molar-refractivity contribution in [2.75, 3.05) is 7.11 Å². The molecule has 0 saturated heterocycles. The number of ether oxygens (including phenoxy) is 1. The summed E-state index contributed by atoms with van der Waals surface area (Å²) in [4.78, 5) is 0. The van der Waals surface area contributed by atoms with Crippen molar-refractivity contribution in [1.29, 1.82) is 0 Å². The van der Waals surface area contributed by atoms with Crippen molar-refractivity contribution in [1.82, 2.24) is 0 Å². The molecule has 0 radical (unpaired) electrons. The molecule has 108 valence electrons. The number of benzene rings is 1. The van der Waals surface area contributed by atoms with E-state index in [1.807, 2.05) is 18.2 Å². The minimum atomic E-state index is -0.426. The number of hydrogen-bond acceptors (Lipinski definition) is 2. The Balaban J connectivity index is 2.86. The second kappa shape index (κ2) is 6.06. The molecule has 1 atom stereocenters. The van der Waals surface area contributed by atoms with Crippen molar-refractivity contribution in [2.45, 2.75) is 64.6 Å². The van der Waals surface area contributed by atoms with Gasteiger partial charge in [0.05, 0.1) is 11.7 Å². The van der Waals surface area contributed by atoms with Crippen LogP contribution in [0.2, 0.25) is 0 Å². The van der Waals surface area contributed by atoms with Crippen molar-refractivity contribution >= 4 is 0 Å². The highest BCUT2D eigenvalue weighted by Gasteiger charge is 2.23. The lowest BCUT2D eigenvalue weighted by atomic mass is 9.81. The fourth-order valence-electron chi connectivity index (χ4n) is 2.21. The highest BCUT2D eigenvalue weighted by atomic mass is 16.5. The van der Waals surface area contributed by atoms with Crippen LogP contribution in [0.3, 0.4) is 0 Å². The molecule has 0 saturated carbocycles. The molecular weight excluding hydrogens is 236 g/mol. The van der Waals surface area contributed by atoms with Crippen molar-refractivity contribution in [3.8, 4) is 0 Å². The molecule has 0 aliphatic heterocycles. The minimum Gasteiger partial charge on any atom is -0.388 e. The molecule has 19 heavy (non-hydrogen) atoms. The lowest BCUT2D eigenvalue weighted by Gasteiger charge is -2.28. The van der Waals surface area contributed by atoms with Gasteiger partial charge >= 0.3 is 0 Å². The van der Waals surface area contributed by atoms with Crippen molar-refractivity contribution in [2.24, 2.45) is 0 Å². The second-order valence-corrected chi connectivity index (χ2v) is 6.86. The first-order chi connectivity index (χ1) is 8.67. The quantitative estimate of drug-likeness (QED) is 0.862. The third kappa shape index (κ3) is 4.63. The van der Waals surface area contributed by atoms with E-state index in [4.69, 9.17) is 4.74 Å². The van der Waals surface area contributed by atoms with Gasteiger partial charge in [-0.05, 0) is 43.2 Å². The summed E-state index contributed by atoms with van der Waals surface area (Å²) in [6, 6.07) is 8.18. The molecule has 2 heteroatoms. The smallest absolute Gasteiger partial charge is 0.0794 e. The number of rotatable bonds is 5. The van der Waals surface area contributed by atoms with Crippen LogP contribution in [0.25, 0.3) is 0 Å². The molecule has 0 aromatic heterocycles. The summed E-state index contributed by atoms with van der Waals surface area (Å²) < 4.78 is 5.41. The van der Waals surface area contributed by atoms with Gasteiger partial charge in [0.1, 0.15) is 0 Å². The van der Waals surface area contributed by atoms with Gasteiger partial charge in [-0.25, -0.2) is 0 Å². The minimum absolute atomic E-state index is 0.0499. The first-order valence-corrected chi connectivity index (χ1v) is 7.00. The largest absolute Gasteiger partial charge is 0.388 e. The fourth-order valence-corrected chi connectivity index (χ4v) is 2.21. The molecule has 1 rings (SSSR count). The Hall–Kier alpha value is -0.860. The van der Waals surface area contributed by atoms with E-state index >= 15 is 0 Å². The van der Waals surface area contributed by atoms with Crippen LogP contribution < -0.4 is 0 Å². The average molecular weight is 264 g/mol. The Bertz CT molecular complexity index is 402. The number of hydrogen-bond donors (Lipinski definition) is 1. The Labute approximate surface area is 117 Å². The molecule has 1 unspecified atom stereocenters. The highest BCUT2D eigenvalue weighted by Crippen LogP contribution is 2.32. The SMILES string of the molecule is COC(C)(C)CCC(O)c1ccccc1C(C)(C)C. The van der Waals surface area contributed by atoms with E-state index in [9.17, 15) is 5.11 Å². The van der Waals surface area contributed by atoms with Gasteiger partial charge in [-0.1, -0.05) is 45.0 Å². The third-order valence-corrected chi connectivity index (χ3v) is 3.70. The Morgan fingerprint density at radius 3 is 2.21 bits per heavy atom. The van der Waals surface area contributed by atoms with Crippen molar-refractivity contribution < 1.29 is 9.84 Å². The van der Waals surface area contributed by atoms with E-state index in [0.717, 1.165) is 12.0 Å². The predicted octanol–water partition coefficient (Wildman–Crippen LogP) is 4.22. The monoisotopic (exact) mass is 264 g/mol. The zero-order chi connectivity index (χ0) is 14.7. The molecule has 2 nitrogen and oxygen atoms in total. The molecule has 0 amide bonds. The molecule has 0 spiro atoms. The maximum atomic E-state index is 10.5. The maximum absolute atomic E-state index is 10.5. The zero-order valence-corrected chi connectivity index (χ0v) is 13.2. The fraction of sp³-hybridized carbons (Fsp3) is 0.647. The van der Waals surface area contributed by atoms with Gasteiger partial charge in [0, 0.05) is 7.11 Å². The molecule has 0 heterocycles.